The van der Waals surface area contributed by atoms with Crippen molar-refractivity contribution in [2.75, 3.05) is 19.6 Å². The number of carbonyl (C=O) groups is 1. The number of β-amino-alcohol motifs (C(OH)–C–C–N with tert-alkyl or cyclic N) is 1. The molecule has 2 aliphatic heterocycles. The van der Waals surface area contributed by atoms with Crippen LogP contribution in [0, 0.1) is 0 Å². The number of aliphatic hydroxyl groups excluding tert-OH is 1. The van der Waals surface area contributed by atoms with Gasteiger partial charge in [0.1, 0.15) is 0 Å². The molecule has 2 fully saturated rings. The van der Waals surface area contributed by atoms with E-state index in [2.05, 4.69) is 15.5 Å². The molecule has 0 saturated carbocycles. The molecular weight excluding hydrogens is 248 g/mol. The van der Waals surface area contributed by atoms with Crippen molar-refractivity contribution >= 4 is 5.91 Å². The number of aromatic nitrogens is 2. The fraction of sp³-hybridized carbons (Fsp3) is 0.750. The number of aliphatic hydroxyl groups is 1. The van der Waals surface area contributed by atoms with E-state index in [4.69, 9.17) is 4.52 Å². The zero-order chi connectivity index (χ0) is 13.2. The molecule has 0 aliphatic carbocycles. The molecule has 2 aliphatic rings. The van der Waals surface area contributed by atoms with Gasteiger partial charge in [-0.25, -0.2) is 0 Å². The second kappa shape index (κ2) is 5.26. The summed E-state index contributed by atoms with van der Waals surface area (Å²) in [5.74, 6) is 0.322. The summed E-state index contributed by atoms with van der Waals surface area (Å²) in [6, 6.07) is 0.0704. The van der Waals surface area contributed by atoms with Crippen LogP contribution >= 0.6 is 0 Å². The van der Waals surface area contributed by atoms with Gasteiger partial charge in [0.05, 0.1) is 12.1 Å². The van der Waals surface area contributed by atoms with E-state index in [1.54, 1.807) is 4.90 Å². The maximum atomic E-state index is 12.2. The van der Waals surface area contributed by atoms with Crippen molar-refractivity contribution in [3.63, 3.8) is 0 Å². The molecule has 7 nitrogen and oxygen atoms in total. The molecule has 3 rings (SSSR count). The first-order valence-corrected chi connectivity index (χ1v) is 6.78. The Kier molecular flexibility index (Phi) is 3.48. The van der Waals surface area contributed by atoms with Crippen molar-refractivity contribution in [1.29, 1.82) is 0 Å². The Hall–Kier alpha value is -1.47. The van der Waals surface area contributed by atoms with Crippen LogP contribution < -0.4 is 5.32 Å². The van der Waals surface area contributed by atoms with Crippen molar-refractivity contribution in [1.82, 2.24) is 20.4 Å². The lowest BCUT2D eigenvalue weighted by Crippen LogP contribution is -2.42. The van der Waals surface area contributed by atoms with Gasteiger partial charge in [-0.05, 0) is 32.2 Å². The normalized spacial score (nSPS) is 27.7. The van der Waals surface area contributed by atoms with Crippen LogP contribution in [-0.4, -0.2) is 51.8 Å². The molecule has 0 radical (unpaired) electrons. The number of likely N-dealkylation sites (tertiary alicyclic amines) is 1. The zero-order valence-corrected chi connectivity index (χ0v) is 10.7. The first-order chi connectivity index (χ1) is 9.24. The summed E-state index contributed by atoms with van der Waals surface area (Å²) in [6.07, 6.45) is 3.14. The van der Waals surface area contributed by atoms with Gasteiger partial charge in [0.25, 0.3) is 11.7 Å². The number of nitrogens with one attached hydrogen (secondary N) is 1. The highest BCUT2D eigenvalue weighted by Gasteiger charge is 2.28. The molecular formula is C12H18N4O3. The Balaban J connectivity index is 1.69. The Bertz CT molecular complexity index is 456. The molecule has 0 bridgehead atoms. The fourth-order valence-electron chi connectivity index (χ4n) is 2.64. The largest absolute Gasteiger partial charge is 0.391 e. The molecule has 1 aromatic rings. The topological polar surface area (TPSA) is 91.5 Å². The van der Waals surface area contributed by atoms with Crippen molar-refractivity contribution in [2.45, 2.75) is 37.8 Å². The molecule has 0 aromatic carbocycles. The van der Waals surface area contributed by atoms with Gasteiger partial charge in [-0.15, -0.1) is 0 Å². The van der Waals surface area contributed by atoms with Crippen LogP contribution in [0.4, 0.5) is 0 Å². The number of hydrogen-bond acceptors (Lipinski definition) is 6. The van der Waals surface area contributed by atoms with Crippen LogP contribution in [0.5, 0.6) is 0 Å². The molecule has 19 heavy (non-hydrogen) atoms. The zero-order valence-electron chi connectivity index (χ0n) is 10.7. The van der Waals surface area contributed by atoms with Crippen molar-refractivity contribution in [3.8, 4) is 0 Å². The van der Waals surface area contributed by atoms with Crippen molar-refractivity contribution in [3.05, 3.63) is 11.7 Å². The molecule has 1 amide bonds. The first-order valence-electron chi connectivity index (χ1n) is 6.78. The van der Waals surface area contributed by atoms with Crippen molar-refractivity contribution in [2.24, 2.45) is 0 Å². The van der Waals surface area contributed by atoms with Crippen molar-refractivity contribution < 1.29 is 14.4 Å². The van der Waals surface area contributed by atoms with E-state index in [9.17, 15) is 9.90 Å². The summed E-state index contributed by atoms with van der Waals surface area (Å²) in [5.41, 5.74) is 0. The maximum Gasteiger partial charge on any atom is 0.295 e. The SMILES string of the molecule is O=C(c1noc(C2CCCN2)n1)N1CCC[C@H](O)C1. The average molecular weight is 266 g/mol. The molecule has 2 atom stereocenters. The van der Waals surface area contributed by atoms with Crippen LogP contribution in [0.3, 0.4) is 0 Å². The Morgan fingerprint density at radius 3 is 3.05 bits per heavy atom. The number of hydrogen-bond donors (Lipinski definition) is 2. The van der Waals surface area contributed by atoms with Gasteiger partial charge in [0, 0.05) is 13.1 Å². The molecule has 104 valence electrons. The monoisotopic (exact) mass is 266 g/mol. The van der Waals surface area contributed by atoms with Gasteiger partial charge in [0.2, 0.25) is 5.89 Å². The molecule has 3 heterocycles. The summed E-state index contributed by atoms with van der Waals surface area (Å²) in [5, 5.41) is 16.6. The van der Waals surface area contributed by atoms with E-state index in [0.717, 1.165) is 32.2 Å². The third-order valence-corrected chi connectivity index (χ3v) is 3.68. The molecule has 1 aromatic heterocycles. The van der Waals surface area contributed by atoms with Gasteiger partial charge in [0.15, 0.2) is 0 Å². The van der Waals surface area contributed by atoms with E-state index < -0.39 is 6.10 Å². The summed E-state index contributed by atoms with van der Waals surface area (Å²) in [6.45, 7) is 1.93. The predicted molar refractivity (Wildman–Crippen MR) is 65.4 cm³/mol. The van der Waals surface area contributed by atoms with E-state index in [-0.39, 0.29) is 17.8 Å². The second-order valence-corrected chi connectivity index (χ2v) is 5.15. The lowest BCUT2D eigenvalue weighted by Gasteiger charge is -2.28. The van der Waals surface area contributed by atoms with Gasteiger partial charge in [-0.1, -0.05) is 5.16 Å². The molecule has 2 saturated heterocycles. The van der Waals surface area contributed by atoms with E-state index in [0.29, 0.717) is 19.0 Å². The predicted octanol–water partition coefficient (Wildman–Crippen LogP) is 0.0910. The van der Waals surface area contributed by atoms with Gasteiger partial charge in [-0.3, -0.25) is 4.79 Å². The number of carbonyl (C=O) groups excluding carboxylic acids is 1. The van der Waals surface area contributed by atoms with Gasteiger partial charge in [-0.2, -0.15) is 4.98 Å². The first kappa shape index (κ1) is 12.6. The third kappa shape index (κ3) is 2.62. The molecule has 2 N–H and O–H groups in total. The quantitative estimate of drug-likeness (QED) is 0.788. The molecule has 0 spiro atoms. The summed E-state index contributed by atoms with van der Waals surface area (Å²) in [7, 11) is 0. The van der Waals surface area contributed by atoms with Crippen LogP contribution in [0.25, 0.3) is 0 Å². The number of amides is 1. The Morgan fingerprint density at radius 2 is 2.32 bits per heavy atom. The minimum absolute atomic E-state index is 0.0704. The fourth-order valence-corrected chi connectivity index (χ4v) is 2.64. The number of nitrogens with zero attached hydrogens (tertiary/aromatic N) is 3. The molecule has 1 unspecified atom stereocenters. The van der Waals surface area contributed by atoms with Crippen LogP contribution in [-0.2, 0) is 0 Å². The van der Waals surface area contributed by atoms with E-state index in [1.807, 2.05) is 0 Å². The van der Waals surface area contributed by atoms with Crippen LogP contribution in [0.1, 0.15) is 48.2 Å². The minimum atomic E-state index is -0.444. The Morgan fingerprint density at radius 1 is 1.42 bits per heavy atom. The van der Waals surface area contributed by atoms with Gasteiger partial charge >= 0.3 is 0 Å². The lowest BCUT2D eigenvalue weighted by molar-refractivity contribution is 0.0461. The Labute approximate surface area is 111 Å². The number of piperidine rings is 1. The van der Waals surface area contributed by atoms with Crippen LogP contribution in [0.2, 0.25) is 0 Å². The third-order valence-electron chi connectivity index (χ3n) is 3.68. The van der Waals surface area contributed by atoms with E-state index in [1.165, 1.54) is 0 Å². The van der Waals surface area contributed by atoms with Crippen LogP contribution in [0.15, 0.2) is 4.52 Å². The lowest BCUT2D eigenvalue weighted by atomic mass is 10.1. The maximum absolute atomic E-state index is 12.2. The van der Waals surface area contributed by atoms with Gasteiger partial charge < -0.3 is 19.8 Å². The average Bonchev–Trinajstić information content (AvgIpc) is 3.08. The number of rotatable bonds is 2. The van der Waals surface area contributed by atoms with E-state index >= 15 is 0 Å². The molecule has 7 heteroatoms. The second-order valence-electron chi connectivity index (χ2n) is 5.15. The highest BCUT2D eigenvalue weighted by molar-refractivity contribution is 5.90. The minimum Gasteiger partial charge on any atom is -0.391 e. The summed E-state index contributed by atoms with van der Waals surface area (Å²) in [4.78, 5) is 18.0. The standard InChI is InChI=1S/C12H18N4O3/c17-8-3-2-6-16(7-8)12(18)10-14-11(19-15-10)9-4-1-5-13-9/h8-9,13,17H,1-7H2/t8-,9?/m0/s1. The highest BCUT2D eigenvalue weighted by atomic mass is 16.5. The highest BCUT2D eigenvalue weighted by Crippen LogP contribution is 2.21. The summed E-state index contributed by atoms with van der Waals surface area (Å²) < 4.78 is 5.15. The summed E-state index contributed by atoms with van der Waals surface area (Å²) >= 11 is 0. The smallest absolute Gasteiger partial charge is 0.295 e.